The van der Waals surface area contributed by atoms with E-state index >= 15 is 0 Å². The first-order chi connectivity index (χ1) is 9.99. The third-order valence-electron chi connectivity index (χ3n) is 3.29. The summed E-state index contributed by atoms with van der Waals surface area (Å²) in [6.45, 7) is 9.55. The topological polar surface area (TPSA) is 78.9 Å². The van der Waals surface area contributed by atoms with Gasteiger partial charge in [-0.2, -0.15) is 0 Å². The van der Waals surface area contributed by atoms with Crippen molar-refractivity contribution in [2.24, 2.45) is 5.41 Å². The Labute approximate surface area is 130 Å². The molecule has 1 aromatic carbocycles. The monoisotopic (exact) mass is 306 g/mol. The van der Waals surface area contributed by atoms with Gasteiger partial charge in [0.2, 0.25) is 5.91 Å². The summed E-state index contributed by atoms with van der Waals surface area (Å²) < 4.78 is 5.17. The Morgan fingerprint density at radius 3 is 2.50 bits per heavy atom. The van der Waals surface area contributed by atoms with Gasteiger partial charge in [0.1, 0.15) is 11.4 Å². The number of phenols is 1. The number of β-lactam (4-membered cyclic amide) rings is 1. The van der Waals surface area contributed by atoms with Crippen molar-refractivity contribution in [2.45, 2.75) is 40.2 Å². The molecule has 2 N–H and O–H groups in total. The van der Waals surface area contributed by atoms with E-state index in [1.54, 1.807) is 32.9 Å². The van der Waals surface area contributed by atoms with Crippen LogP contribution in [0.4, 0.5) is 16.2 Å². The van der Waals surface area contributed by atoms with Crippen LogP contribution >= 0.6 is 0 Å². The average Bonchev–Trinajstić information content (AvgIpc) is 2.36. The maximum absolute atomic E-state index is 12.1. The zero-order valence-electron chi connectivity index (χ0n) is 13.6. The number of carbonyl (C=O) groups excluding carboxylic acids is 2. The van der Waals surface area contributed by atoms with Crippen LogP contribution < -0.4 is 10.2 Å². The van der Waals surface area contributed by atoms with Gasteiger partial charge in [-0.05, 0) is 52.8 Å². The molecule has 1 heterocycles. The summed E-state index contributed by atoms with van der Waals surface area (Å²) >= 11 is 0. The van der Waals surface area contributed by atoms with Crippen molar-refractivity contribution < 1.29 is 19.4 Å². The van der Waals surface area contributed by atoms with Crippen LogP contribution in [0.15, 0.2) is 18.2 Å². The molecule has 0 atom stereocenters. The molecule has 1 aliphatic rings. The van der Waals surface area contributed by atoms with Crippen molar-refractivity contribution in [1.82, 2.24) is 0 Å². The maximum Gasteiger partial charge on any atom is 0.412 e. The lowest BCUT2D eigenvalue weighted by molar-refractivity contribution is -0.132. The lowest BCUT2D eigenvalue weighted by atomic mass is 9.82. The lowest BCUT2D eigenvalue weighted by Crippen LogP contribution is -2.58. The number of hydrogen-bond acceptors (Lipinski definition) is 4. The number of benzene rings is 1. The molecule has 0 unspecified atom stereocenters. The Kier molecular flexibility index (Phi) is 3.81. The zero-order valence-corrected chi connectivity index (χ0v) is 13.6. The van der Waals surface area contributed by atoms with E-state index in [1.807, 2.05) is 13.8 Å². The average molecular weight is 306 g/mol. The summed E-state index contributed by atoms with van der Waals surface area (Å²) in [6, 6.07) is 4.56. The fourth-order valence-electron chi connectivity index (χ4n) is 2.24. The lowest BCUT2D eigenvalue weighted by Gasteiger charge is -2.44. The Morgan fingerprint density at radius 1 is 1.36 bits per heavy atom. The number of phenolic OH excluding ortho intramolecular Hbond substituents is 1. The SMILES string of the molecule is CC(C)(C)OC(=O)Nc1ccc(O)c(N2CC(C)(C)C2=O)c1. The number of anilines is 2. The van der Waals surface area contributed by atoms with Crippen molar-refractivity contribution in [2.75, 3.05) is 16.8 Å². The fraction of sp³-hybridized carbons (Fsp3) is 0.500. The Morgan fingerprint density at radius 2 is 2.00 bits per heavy atom. The summed E-state index contributed by atoms with van der Waals surface area (Å²) in [6.07, 6.45) is -0.584. The molecule has 1 aromatic rings. The highest BCUT2D eigenvalue weighted by Gasteiger charge is 2.45. The van der Waals surface area contributed by atoms with Gasteiger partial charge in [-0.15, -0.1) is 0 Å². The van der Waals surface area contributed by atoms with Crippen molar-refractivity contribution in [3.63, 3.8) is 0 Å². The molecule has 120 valence electrons. The van der Waals surface area contributed by atoms with Gasteiger partial charge in [-0.1, -0.05) is 0 Å². The van der Waals surface area contributed by atoms with Crippen LogP contribution in [0.1, 0.15) is 34.6 Å². The van der Waals surface area contributed by atoms with Gasteiger partial charge < -0.3 is 14.7 Å². The molecule has 0 saturated carbocycles. The summed E-state index contributed by atoms with van der Waals surface area (Å²) in [4.78, 5) is 25.3. The summed E-state index contributed by atoms with van der Waals surface area (Å²) in [5.74, 6) is -0.0594. The number of carbonyl (C=O) groups is 2. The van der Waals surface area contributed by atoms with E-state index in [2.05, 4.69) is 5.32 Å². The first-order valence-corrected chi connectivity index (χ1v) is 7.15. The van der Waals surface area contributed by atoms with Crippen LogP contribution in [-0.2, 0) is 9.53 Å². The fourth-order valence-corrected chi connectivity index (χ4v) is 2.24. The minimum absolute atomic E-state index is 0.00131. The van der Waals surface area contributed by atoms with Crippen LogP contribution in [0.2, 0.25) is 0 Å². The quantitative estimate of drug-likeness (QED) is 0.650. The van der Waals surface area contributed by atoms with E-state index in [0.717, 1.165) is 0 Å². The third kappa shape index (κ3) is 3.32. The molecule has 6 heteroatoms. The van der Waals surface area contributed by atoms with Gasteiger partial charge in [-0.25, -0.2) is 4.79 Å². The standard InChI is InChI=1S/C16H22N2O4/c1-15(2,3)22-14(21)17-10-6-7-12(19)11(8-10)18-9-16(4,5)13(18)20/h6-8,19H,9H2,1-5H3,(H,17,21). The van der Waals surface area contributed by atoms with Crippen molar-refractivity contribution >= 4 is 23.4 Å². The number of aromatic hydroxyl groups is 1. The maximum atomic E-state index is 12.1. The molecule has 6 nitrogen and oxygen atoms in total. The molecular weight excluding hydrogens is 284 g/mol. The van der Waals surface area contributed by atoms with Crippen molar-refractivity contribution in [1.29, 1.82) is 0 Å². The van der Waals surface area contributed by atoms with Crippen molar-refractivity contribution in [3.05, 3.63) is 18.2 Å². The molecule has 0 radical (unpaired) electrons. The Bertz CT molecular complexity index is 617. The van der Waals surface area contributed by atoms with Crippen LogP contribution in [-0.4, -0.2) is 29.3 Å². The second kappa shape index (κ2) is 5.19. The highest BCUT2D eigenvalue weighted by Crippen LogP contribution is 2.40. The number of amides is 2. The van der Waals surface area contributed by atoms with Gasteiger partial charge in [0.25, 0.3) is 0 Å². The zero-order chi connectivity index (χ0) is 16.7. The van der Waals surface area contributed by atoms with Crippen LogP contribution in [0.3, 0.4) is 0 Å². The summed E-state index contributed by atoms with van der Waals surface area (Å²) in [5.41, 5.74) is -0.167. The number of hydrogen-bond donors (Lipinski definition) is 2. The third-order valence-corrected chi connectivity index (χ3v) is 3.29. The minimum Gasteiger partial charge on any atom is -0.506 e. The molecule has 0 spiro atoms. The predicted molar refractivity (Wildman–Crippen MR) is 84.1 cm³/mol. The highest BCUT2D eigenvalue weighted by molar-refractivity contribution is 6.05. The Hall–Kier alpha value is -2.24. The van der Waals surface area contributed by atoms with E-state index in [9.17, 15) is 14.7 Å². The molecule has 0 aliphatic carbocycles. The first-order valence-electron chi connectivity index (χ1n) is 7.15. The molecule has 2 amide bonds. The minimum atomic E-state index is -0.596. The number of rotatable bonds is 2. The molecule has 1 saturated heterocycles. The van der Waals surface area contributed by atoms with Gasteiger partial charge in [-0.3, -0.25) is 10.1 Å². The van der Waals surface area contributed by atoms with Crippen LogP contribution in [0.5, 0.6) is 5.75 Å². The molecule has 1 fully saturated rings. The number of nitrogens with one attached hydrogen (secondary N) is 1. The molecule has 22 heavy (non-hydrogen) atoms. The molecule has 0 aromatic heterocycles. The second-order valence-corrected chi connectivity index (χ2v) is 7.11. The van der Waals surface area contributed by atoms with E-state index in [4.69, 9.17) is 4.74 Å². The van der Waals surface area contributed by atoms with Gasteiger partial charge in [0.05, 0.1) is 11.1 Å². The van der Waals surface area contributed by atoms with Gasteiger partial charge >= 0.3 is 6.09 Å². The van der Waals surface area contributed by atoms with E-state index in [-0.39, 0.29) is 11.7 Å². The van der Waals surface area contributed by atoms with Crippen molar-refractivity contribution in [3.8, 4) is 5.75 Å². The highest BCUT2D eigenvalue weighted by atomic mass is 16.6. The molecule has 1 aliphatic heterocycles. The molecule has 0 bridgehead atoms. The van der Waals surface area contributed by atoms with Gasteiger partial charge in [0.15, 0.2) is 0 Å². The van der Waals surface area contributed by atoms with E-state index in [1.165, 1.54) is 11.0 Å². The molecule has 2 rings (SSSR count). The Balaban J connectivity index is 2.15. The second-order valence-electron chi connectivity index (χ2n) is 7.11. The van der Waals surface area contributed by atoms with Gasteiger partial charge in [0, 0.05) is 12.2 Å². The number of ether oxygens (including phenoxy) is 1. The molecular formula is C16H22N2O4. The van der Waals surface area contributed by atoms with Crippen LogP contribution in [0, 0.1) is 5.41 Å². The van der Waals surface area contributed by atoms with Crippen LogP contribution in [0.25, 0.3) is 0 Å². The summed E-state index contributed by atoms with van der Waals surface area (Å²) in [7, 11) is 0. The van der Waals surface area contributed by atoms with E-state index < -0.39 is 17.1 Å². The largest absolute Gasteiger partial charge is 0.506 e. The number of nitrogens with zero attached hydrogens (tertiary/aromatic N) is 1. The first kappa shape index (κ1) is 16.1. The smallest absolute Gasteiger partial charge is 0.412 e. The predicted octanol–water partition coefficient (Wildman–Crippen LogP) is 3.11. The summed E-state index contributed by atoms with van der Waals surface area (Å²) in [5, 5.41) is 12.5. The van der Waals surface area contributed by atoms with E-state index in [0.29, 0.717) is 17.9 Å². The normalized spacial score (nSPS) is 17.0.